The summed E-state index contributed by atoms with van der Waals surface area (Å²) in [5.41, 5.74) is 1.79. The highest BCUT2D eigenvalue weighted by Gasteiger charge is 2.13. The van der Waals surface area contributed by atoms with Crippen molar-refractivity contribution >= 4 is 17.5 Å². The summed E-state index contributed by atoms with van der Waals surface area (Å²) in [4.78, 5) is 11.0. The molecular weight excluding hydrogens is 218 g/mol. The number of nitrogens with one attached hydrogen (secondary N) is 3. The van der Waals surface area contributed by atoms with E-state index in [4.69, 9.17) is 0 Å². The van der Waals surface area contributed by atoms with E-state index in [1.807, 2.05) is 24.3 Å². The first kappa shape index (κ1) is 11.7. The van der Waals surface area contributed by atoms with Crippen LogP contribution in [0.5, 0.6) is 0 Å². The third kappa shape index (κ3) is 3.35. The molecule has 1 aliphatic heterocycles. The molecule has 0 aliphatic carbocycles. The van der Waals surface area contributed by atoms with Crippen LogP contribution in [0.2, 0.25) is 0 Å². The topological polar surface area (TPSA) is 62.4 Å². The Kier molecular flexibility index (Phi) is 3.82. The minimum atomic E-state index is -0.453. The third-order valence-corrected chi connectivity index (χ3v) is 2.75. The Labute approximate surface area is 101 Å². The fraction of sp³-hybridized carbons (Fsp3) is 0.417. The average Bonchev–Trinajstić information content (AvgIpc) is 2.84. The lowest BCUT2D eigenvalue weighted by Gasteiger charge is -2.13. The zero-order valence-corrected chi connectivity index (χ0v) is 9.82. The molecule has 1 saturated heterocycles. The molecule has 1 aromatic rings. The summed E-state index contributed by atoms with van der Waals surface area (Å²) in [6.07, 6.45) is 0.688. The number of amides is 1. The van der Waals surface area contributed by atoms with Crippen molar-refractivity contribution in [3.8, 4) is 0 Å². The van der Waals surface area contributed by atoms with Gasteiger partial charge in [0.2, 0.25) is 0 Å². The zero-order chi connectivity index (χ0) is 12.1. The summed E-state index contributed by atoms with van der Waals surface area (Å²) in [7, 11) is 1.35. The van der Waals surface area contributed by atoms with E-state index in [2.05, 4.69) is 20.7 Å². The molecule has 1 unspecified atom stereocenters. The molecule has 3 N–H and O–H groups in total. The van der Waals surface area contributed by atoms with Crippen molar-refractivity contribution in [1.82, 2.24) is 5.32 Å². The number of carbonyl (C=O) groups excluding carboxylic acids is 1. The van der Waals surface area contributed by atoms with E-state index in [1.54, 1.807) is 0 Å². The predicted molar refractivity (Wildman–Crippen MR) is 67.4 cm³/mol. The van der Waals surface area contributed by atoms with E-state index in [0.29, 0.717) is 6.04 Å². The number of benzene rings is 1. The van der Waals surface area contributed by atoms with E-state index >= 15 is 0 Å². The number of hydrogen-bond donors (Lipinski definition) is 3. The van der Waals surface area contributed by atoms with E-state index < -0.39 is 6.09 Å². The van der Waals surface area contributed by atoms with Gasteiger partial charge in [-0.1, -0.05) is 0 Å². The molecule has 1 aliphatic rings. The van der Waals surface area contributed by atoms with Crippen LogP contribution in [0.3, 0.4) is 0 Å². The monoisotopic (exact) mass is 235 g/mol. The summed E-state index contributed by atoms with van der Waals surface area (Å²) < 4.78 is 4.52. The fourth-order valence-corrected chi connectivity index (χ4v) is 1.83. The molecule has 1 atom stereocenters. The maximum absolute atomic E-state index is 11.0. The molecule has 0 spiro atoms. The molecular formula is C12H17N3O2. The zero-order valence-electron chi connectivity index (χ0n) is 9.82. The number of rotatable bonds is 3. The van der Waals surface area contributed by atoms with Gasteiger partial charge in [-0.3, -0.25) is 5.32 Å². The maximum Gasteiger partial charge on any atom is 0.411 e. The summed E-state index contributed by atoms with van der Waals surface area (Å²) >= 11 is 0. The molecule has 5 heteroatoms. The van der Waals surface area contributed by atoms with Gasteiger partial charge >= 0.3 is 6.09 Å². The van der Waals surface area contributed by atoms with Crippen LogP contribution in [-0.2, 0) is 4.74 Å². The summed E-state index contributed by atoms with van der Waals surface area (Å²) in [5, 5.41) is 9.34. The highest BCUT2D eigenvalue weighted by Crippen LogP contribution is 2.16. The van der Waals surface area contributed by atoms with Gasteiger partial charge in [0.25, 0.3) is 0 Å². The molecule has 0 saturated carbocycles. The van der Waals surface area contributed by atoms with Crippen molar-refractivity contribution in [3.63, 3.8) is 0 Å². The molecule has 1 fully saturated rings. The first-order valence-electron chi connectivity index (χ1n) is 5.70. The van der Waals surface area contributed by atoms with Crippen LogP contribution in [-0.4, -0.2) is 32.3 Å². The van der Waals surface area contributed by atoms with Gasteiger partial charge in [-0.15, -0.1) is 0 Å². The van der Waals surface area contributed by atoms with Crippen molar-refractivity contribution in [1.29, 1.82) is 0 Å². The summed E-state index contributed by atoms with van der Waals surface area (Å²) in [6, 6.07) is 8.09. The minimum Gasteiger partial charge on any atom is -0.453 e. The summed E-state index contributed by atoms with van der Waals surface area (Å²) in [5.74, 6) is 0. The second-order valence-corrected chi connectivity index (χ2v) is 4.03. The van der Waals surface area contributed by atoms with Crippen LogP contribution < -0.4 is 16.0 Å². The smallest absolute Gasteiger partial charge is 0.411 e. The van der Waals surface area contributed by atoms with Gasteiger partial charge in [0.15, 0.2) is 0 Å². The van der Waals surface area contributed by atoms with Gasteiger partial charge in [-0.2, -0.15) is 0 Å². The second-order valence-electron chi connectivity index (χ2n) is 4.03. The van der Waals surface area contributed by atoms with Crippen LogP contribution in [0, 0.1) is 0 Å². The van der Waals surface area contributed by atoms with Crippen molar-refractivity contribution in [2.45, 2.75) is 12.5 Å². The van der Waals surface area contributed by atoms with Crippen LogP contribution in [0.15, 0.2) is 24.3 Å². The lowest BCUT2D eigenvalue weighted by Crippen LogP contribution is -2.22. The SMILES string of the molecule is COC(=O)Nc1ccc(NC2CCNC2)cc1. The quantitative estimate of drug-likeness (QED) is 0.745. The van der Waals surface area contributed by atoms with Crippen molar-refractivity contribution in [3.05, 3.63) is 24.3 Å². The van der Waals surface area contributed by atoms with Crippen molar-refractivity contribution < 1.29 is 9.53 Å². The Hall–Kier alpha value is -1.75. The second kappa shape index (κ2) is 5.54. The molecule has 1 heterocycles. The van der Waals surface area contributed by atoms with Crippen LogP contribution in [0.1, 0.15) is 6.42 Å². The Balaban J connectivity index is 1.90. The van der Waals surface area contributed by atoms with Gasteiger partial charge in [-0.25, -0.2) is 4.79 Å². The molecule has 1 aromatic carbocycles. The molecule has 0 radical (unpaired) electrons. The van der Waals surface area contributed by atoms with Gasteiger partial charge in [0.05, 0.1) is 7.11 Å². The van der Waals surface area contributed by atoms with E-state index in [1.165, 1.54) is 7.11 Å². The van der Waals surface area contributed by atoms with Gasteiger partial charge in [-0.05, 0) is 37.2 Å². The van der Waals surface area contributed by atoms with Crippen molar-refractivity contribution in [2.24, 2.45) is 0 Å². The average molecular weight is 235 g/mol. The van der Waals surface area contributed by atoms with Crippen LogP contribution in [0.25, 0.3) is 0 Å². The standard InChI is InChI=1S/C12H17N3O2/c1-17-12(16)15-10-4-2-9(3-5-10)14-11-6-7-13-8-11/h2-5,11,13-14H,6-8H2,1H3,(H,15,16). The first-order chi connectivity index (χ1) is 8.28. The molecule has 0 aromatic heterocycles. The maximum atomic E-state index is 11.0. The third-order valence-electron chi connectivity index (χ3n) is 2.75. The lowest BCUT2D eigenvalue weighted by molar-refractivity contribution is 0.187. The highest BCUT2D eigenvalue weighted by molar-refractivity contribution is 5.84. The van der Waals surface area contributed by atoms with E-state index in [9.17, 15) is 4.79 Å². The number of hydrogen-bond acceptors (Lipinski definition) is 4. The van der Waals surface area contributed by atoms with Gasteiger partial charge in [0, 0.05) is 24.0 Å². The number of ether oxygens (including phenoxy) is 1. The fourth-order valence-electron chi connectivity index (χ4n) is 1.83. The molecule has 5 nitrogen and oxygen atoms in total. The number of carbonyl (C=O) groups is 1. The number of methoxy groups -OCH3 is 1. The normalized spacial score (nSPS) is 18.8. The molecule has 2 rings (SSSR count). The Morgan fingerprint density at radius 1 is 1.35 bits per heavy atom. The van der Waals surface area contributed by atoms with Crippen LogP contribution >= 0.6 is 0 Å². The van der Waals surface area contributed by atoms with Crippen molar-refractivity contribution in [2.75, 3.05) is 30.8 Å². The molecule has 17 heavy (non-hydrogen) atoms. The first-order valence-corrected chi connectivity index (χ1v) is 5.70. The number of anilines is 2. The lowest BCUT2D eigenvalue weighted by atomic mass is 10.2. The van der Waals surface area contributed by atoms with Gasteiger partial charge < -0.3 is 15.4 Å². The summed E-state index contributed by atoms with van der Waals surface area (Å²) in [6.45, 7) is 2.07. The Morgan fingerprint density at radius 3 is 2.65 bits per heavy atom. The molecule has 1 amide bonds. The Morgan fingerprint density at radius 2 is 2.06 bits per heavy atom. The van der Waals surface area contributed by atoms with Crippen LogP contribution in [0.4, 0.5) is 16.2 Å². The van der Waals surface area contributed by atoms with E-state index in [-0.39, 0.29) is 0 Å². The highest BCUT2D eigenvalue weighted by atomic mass is 16.5. The van der Waals surface area contributed by atoms with Gasteiger partial charge in [0.1, 0.15) is 0 Å². The molecule has 0 bridgehead atoms. The minimum absolute atomic E-state index is 0.453. The molecule has 92 valence electrons. The van der Waals surface area contributed by atoms with E-state index in [0.717, 1.165) is 30.9 Å². The largest absolute Gasteiger partial charge is 0.453 e. The Bertz CT molecular complexity index is 372. The predicted octanol–water partition coefficient (Wildman–Crippen LogP) is 1.64.